The molecule has 0 aromatic carbocycles. The second kappa shape index (κ2) is 10.9. The van der Waals surface area contributed by atoms with Crippen LogP contribution in [0.25, 0.3) is 0 Å². The molecule has 0 bridgehead atoms. The third-order valence-corrected chi connectivity index (χ3v) is 2.99. The molecule has 1 fully saturated rings. The van der Waals surface area contributed by atoms with Crippen molar-refractivity contribution in [2.75, 3.05) is 13.1 Å². The summed E-state index contributed by atoms with van der Waals surface area (Å²) in [7, 11) is 0. The summed E-state index contributed by atoms with van der Waals surface area (Å²) in [5.74, 6) is 0.770. The van der Waals surface area contributed by atoms with E-state index in [9.17, 15) is 4.79 Å². The average molecular weight is 283 g/mol. The van der Waals surface area contributed by atoms with E-state index in [1.54, 1.807) is 0 Å². The van der Waals surface area contributed by atoms with Gasteiger partial charge in [0, 0.05) is 19.0 Å². The molecule has 102 valence electrons. The van der Waals surface area contributed by atoms with Gasteiger partial charge in [0.1, 0.15) is 0 Å². The lowest BCUT2D eigenvalue weighted by atomic mass is 9.94. The zero-order valence-corrected chi connectivity index (χ0v) is 12.0. The standard InChI is InChI=1S/C12H22N2O.2ClH/c1-3-4-5-6-12(15)14-11-9-13-8-7-10(11)2;;/h3,10-11,13H,1,4-9H2,2H3,(H,14,15);2*1H. The fourth-order valence-electron chi connectivity index (χ4n) is 1.87. The summed E-state index contributed by atoms with van der Waals surface area (Å²) in [6.07, 6.45) is 5.46. The van der Waals surface area contributed by atoms with Crippen LogP contribution in [-0.4, -0.2) is 25.0 Å². The molecule has 0 radical (unpaired) electrons. The van der Waals surface area contributed by atoms with Crippen molar-refractivity contribution in [3.63, 3.8) is 0 Å². The minimum atomic E-state index is 0. The largest absolute Gasteiger partial charge is 0.352 e. The van der Waals surface area contributed by atoms with Crippen molar-refractivity contribution in [2.24, 2.45) is 5.92 Å². The second-order valence-electron chi connectivity index (χ2n) is 4.32. The Morgan fingerprint density at radius 3 is 2.82 bits per heavy atom. The summed E-state index contributed by atoms with van der Waals surface area (Å²) >= 11 is 0. The predicted molar refractivity (Wildman–Crippen MR) is 77.1 cm³/mol. The van der Waals surface area contributed by atoms with Gasteiger partial charge >= 0.3 is 0 Å². The molecule has 1 rings (SSSR count). The number of carbonyl (C=O) groups excluding carboxylic acids is 1. The van der Waals surface area contributed by atoms with E-state index in [1.165, 1.54) is 0 Å². The monoisotopic (exact) mass is 282 g/mol. The van der Waals surface area contributed by atoms with Crippen molar-refractivity contribution in [1.29, 1.82) is 0 Å². The van der Waals surface area contributed by atoms with Crippen LogP contribution in [0.3, 0.4) is 0 Å². The van der Waals surface area contributed by atoms with Crippen LogP contribution in [0.1, 0.15) is 32.6 Å². The van der Waals surface area contributed by atoms with Crippen LogP contribution in [0.4, 0.5) is 0 Å². The summed E-state index contributed by atoms with van der Waals surface area (Å²) in [4.78, 5) is 11.6. The lowest BCUT2D eigenvalue weighted by molar-refractivity contribution is -0.122. The van der Waals surface area contributed by atoms with Crippen molar-refractivity contribution in [3.8, 4) is 0 Å². The number of piperidine rings is 1. The number of nitrogens with one attached hydrogen (secondary N) is 2. The number of amides is 1. The number of allylic oxidation sites excluding steroid dienone is 1. The van der Waals surface area contributed by atoms with Crippen LogP contribution in [0, 0.1) is 5.92 Å². The molecule has 2 unspecified atom stereocenters. The first-order valence-electron chi connectivity index (χ1n) is 5.85. The van der Waals surface area contributed by atoms with Crippen LogP contribution in [0.15, 0.2) is 12.7 Å². The Balaban J connectivity index is 0. The zero-order valence-electron chi connectivity index (χ0n) is 10.4. The molecule has 0 aromatic rings. The molecule has 2 N–H and O–H groups in total. The molecule has 1 heterocycles. The second-order valence-corrected chi connectivity index (χ2v) is 4.32. The highest BCUT2D eigenvalue weighted by atomic mass is 35.5. The van der Waals surface area contributed by atoms with Gasteiger partial charge in [-0.2, -0.15) is 0 Å². The topological polar surface area (TPSA) is 41.1 Å². The number of unbranched alkanes of at least 4 members (excludes halogenated alkanes) is 1. The first-order valence-corrected chi connectivity index (χ1v) is 5.85. The fourth-order valence-corrected chi connectivity index (χ4v) is 1.87. The van der Waals surface area contributed by atoms with E-state index in [4.69, 9.17) is 0 Å². The molecule has 5 heteroatoms. The number of carbonyl (C=O) groups is 1. The van der Waals surface area contributed by atoms with Gasteiger partial charge in [-0.1, -0.05) is 13.0 Å². The highest BCUT2D eigenvalue weighted by Gasteiger charge is 2.21. The fraction of sp³-hybridized carbons (Fsp3) is 0.750. The maximum atomic E-state index is 11.6. The predicted octanol–water partition coefficient (Wildman–Crippen LogP) is 2.30. The summed E-state index contributed by atoms with van der Waals surface area (Å²) in [5, 5.41) is 6.40. The molecule has 1 saturated heterocycles. The van der Waals surface area contributed by atoms with E-state index in [2.05, 4.69) is 24.1 Å². The van der Waals surface area contributed by atoms with Gasteiger partial charge in [0.25, 0.3) is 0 Å². The molecule has 0 aromatic heterocycles. The summed E-state index contributed by atoms with van der Waals surface area (Å²) in [5.41, 5.74) is 0. The van der Waals surface area contributed by atoms with Gasteiger partial charge in [0.15, 0.2) is 0 Å². The summed E-state index contributed by atoms with van der Waals surface area (Å²) < 4.78 is 0. The molecule has 1 aliphatic rings. The zero-order chi connectivity index (χ0) is 11.1. The van der Waals surface area contributed by atoms with Crippen molar-refractivity contribution in [2.45, 2.75) is 38.6 Å². The van der Waals surface area contributed by atoms with Crippen LogP contribution < -0.4 is 10.6 Å². The maximum Gasteiger partial charge on any atom is 0.220 e. The molecule has 2 atom stereocenters. The normalized spacial score (nSPS) is 22.9. The van der Waals surface area contributed by atoms with Crippen LogP contribution >= 0.6 is 24.8 Å². The number of hydrogen-bond acceptors (Lipinski definition) is 2. The lowest BCUT2D eigenvalue weighted by Gasteiger charge is -2.30. The molecule has 17 heavy (non-hydrogen) atoms. The van der Waals surface area contributed by atoms with E-state index in [-0.39, 0.29) is 30.7 Å². The first-order chi connectivity index (χ1) is 7.24. The van der Waals surface area contributed by atoms with Crippen LogP contribution in [-0.2, 0) is 4.79 Å². The third kappa shape index (κ3) is 7.63. The average Bonchev–Trinajstić information content (AvgIpc) is 2.22. The van der Waals surface area contributed by atoms with Crippen LogP contribution in [0.2, 0.25) is 0 Å². The van der Waals surface area contributed by atoms with Gasteiger partial charge in [-0.15, -0.1) is 31.4 Å². The molecule has 3 nitrogen and oxygen atoms in total. The molecule has 0 aliphatic carbocycles. The Morgan fingerprint density at radius 2 is 2.24 bits per heavy atom. The highest BCUT2D eigenvalue weighted by molar-refractivity contribution is 5.85. The minimum absolute atomic E-state index is 0. The Hall–Kier alpha value is -0.250. The number of rotatable bonds is 5. The van der Waals surface area contributed by atoms with E-state index in [0.29, 0.717) is 18.4 Å². The van der Waals surface area contributed by atoms with E-state index in [0.717, 1.165) is 32.4 Å². The van der Waals surface area contributed by atoms with Crippen molar-refractivity contribution in [3.05, 3.63) is 12.7 Å². The van der Waals surface area contributed by atoms with Crippen molar-refractivity contribution >= 4 is 30.7 Å². The molecule has 0 spiro atoms. The van der Waals surface area contributed by atoms with Gasteiger partial charge < -0.3 is 10.6 Å². The first kappa shape index (κ1) is 19.1. The molecular formula is C12H24Cl2N2O. The third-order valence-electron chi connectivity index (χ3n) is 2.99. The highest BCUT2D eigenvalue weighted by Crippen LogP contribution is 2.11. The van der Waals surface area contributed by atoms with Crippen molar-refractivity contribution in [1.82, 2.24) is 10.6 Å². The summed E-state index contributed by atoms with van der Waals surface area (Å²) in [6, 6.07) is 0.315. The summed E-state index contributed by atoms with van der Waals surface area (Å²) in [6.45, 7) is 7.83. The smallest absolute Gasteiger partial charge is 0.220 e. The maximum absolute atomic E-state index is 11.6. The lowest BCUT2D eigenvalue weighted by Crippen LogP contribution is -2.50. The quantitative estimate of drug-likeness (QED) is 0.600. The van der Waals surface area contributed by atoms with Gasteiger partial charge in [0.05, 0.1) is 0 Å². The van der Waals surface area contributed by atoms with E-state index in [1.807, 2.05) is 6.08 Å². The van der Waals surface area contributed by atoms with Crippen molar-refractivity contribution < 1.29 is 4.79 Å². The Bertz CT molecular complexity index is 225. The molecule has 1 amide bonds. The van der Waals surface area contributed by atoms with E-state index < -0.39 is 0 Å². The number of halogens is 2. The Kier molecular flexibility index (Phi) is 12.2. The molecule has 1 aliphatic heterocycles. The van der Waals surface area contributed by atoms with Crippen LogP contribution in [0.5, 0.6) is 0 Å². The molecule has 0 saturated carbocycles. The molecular weight excluding hydrogens is 259 g/mol. The van der Waals surface area contributed by atoms with Gasteiger partial charge in [-0.3, -0.25) is 4.79 Å². The SMILES string of the molecule is C=CCCCC(=O)NC1CNCCC1C.Cl.Cl. The van der Waals surface area contributed by atoms with Gasteiger partial charge in [-0.05, 0) is 31.7 Å². The Morgan fingerprint density at radius 1 is 1.53 bits per heavy atom. The number of hydrogen-bond donors (Lipinski definition) is 2. The van der Waals surface area contributed by atoms with E-state index >= 15 is 0 Å². The Labute approximate surface area is 117 Å². The minimum Gasteiger partial charge on any atom is -0.352 e. The van der Waals surface area contributed by atoms with Gasteiger partial charge in [0.2, 0.25) is 5.91 Å². The van der Waals surface area contributed by atoms with Gasteiger partial charge in [-0.25, -0.2) is 0 Å².